The zero-order valence-corrected chi connectivity index (χ0v) is 23.7. The summed E-state index contributed by atoms with van der Waals surface area (Å²) in [5.74, 6) is 0.0988. The number of anilines is 2. The third kappa shape index (κ3) is 5.16. The van der Waals surface area contributed by atoms with Gasteiger partial charge in [0, 0.05) is 30.9 Å². The minimum absolute atomic E-state index is 0.0297. The summed E-state index contributed by atoms with van der Waals surface area (Å²) in [7, 11) is 4.07. The van der Waals surface area contributed by atoms with Gasteiger partial charge in [-0.2, -0.15) is 15.2 Å². The number of hydrogen-bond donors (Lipinski definition) is 0. The number of ether oxygens (including phenoxy) is 2. The first-order valence-electron chi connectivity index (χ1n) is 12.5. The highest BCUT2D eigenvalue weighted by atomic mass is 79.9. The Bertz CT molecular complexity index is 1370. The molecule has 1 atom stereocenters. The summed E-state index contributed by atoms with van der Waals surface area (Å²) in [6.45, 7) is 7.31. The van der Waals surface area contributed by atoms with Crippen LogP contribution in [0, 0.1) is 5.82 Å². The van der Waals surface area contributed by atoms with Gasteiger partial charge in [0.2, 0.25) is 5.95 Å². The first-order chi connectivity index (χ1) is 18.0. The van der Waals surface area contributed by atoms with Gasteiger partial charge < -0.3 is 19.3 Å². The number of hydrogen-bond acceptors (Lipinski definition) is 9. The van der Waals surface area contributed by atoms with Gasteiger partial charge >= 0.3 is 6.09 Å². The monoisotopic (exact) mass is 587 g/mol. The van der Waals surface area contributed by atoms with Crippen LogP contribution in [0.1, 0.15) is 44.0 Å². The molecule has 2 aromatic heterocycles. The van der Waals surface area contributed by atoms with E-state index in [0.29, 0.717) is 46.2 Å². The molecule has 2 aliphatic rings. The summed E-state index contributed by atoms with van der Waals surface area (Å²) >= 11 is 3.41. The highest BCUT2D eigenvalue weighted by molar-refractivity contribution is 9.10. The number of fused-ring (bicyclic) bond motifs is 3. The van der Waals surface area contributed by atoms with Crippen molar-refractivity contribution in [2.75, 3.05) is 37.0 Å². The average molecular weight is 588 g/mol. The van der Waals surface area contributed by atoms with Gasteiger partial charge in [-0.15, -0.1) is 0 Å². The van der Waals surface area contributed by atoms with Crippen molar-refractivity contribution in [3.8, 4) is 0 Å². The second-order valence-electron chi connectivity index (χ2n) is 10.8. The molecule has 1 saturated heterocycles. The molecule has 12 heteroatoms. The minimum atomic E-state index is -0.767. The summed E-state index contributed by atoms with van der Waals surface area (Å²) in [6, 6.07) is 3.82. The number of amides is 1. The van der Waals surface area contributed by atoms with Crippen molar-refractivity contribution in [2.24, 2.45) is 0 Å². The lowest BCUT2D eigenvalue weighted by Crippen LogP contribution is -2.38. The van der Waals surface area contributed by atoms with E-state index in [1.807, 2.05) is 19.0 Å². The van der Waals surface area contributed by atoms with E-state index in [0.717, 1.165) is 12.0 Å². The minimum Gasteiger partial charge on any atom is -0.443 e. The van der Waals surface area contributed by atoms with Crippen LogP contribution in [0.2, 0.25) is 0 Å². The number of carbonyl (C=O) groups is 1. The van der Waals surface area contributed by atoms with Crippen molar-refractivity contribution in [1.82, 2.24) is 25.1 Å². The van der Waals surface area contributed by atoms with Gasteiger partial charge in [0.05, 0.1) is 35.3 Å². The van der Waals surface area contributed by atoms with Crippen molar-refractivity contribution in [1.29, 1.82) is 0 Å². The van der Waals surface area contributed by atoms with Crippen LogP contribution in [0.25, 0.3) is 10.9 Å². The highest BCUT2D eigenvalue weighted by Crippen LogP contribution is 2.41. The Morgan fingerprint density at radius 2 is 2.03 bits per heavy atom. The van der Waals surface area contributed by atoms with Gasteiger partial charge in [0.15, 0.2) is 11.6 Å². The molecule has 0 unspecified atom stereocenters. The normalized spacial score (nSPS) is 17.4. The lowest BCUT2D eigenvalue weighted by molar-refractivity contribution is 0.0576. The molecule has 0 spiro atoms. The summed E-state index contributed by atoms with van der Waals surface area (Å²) in [4.78, 5) is 28.9. The third-order valence-corrected chi connectivity index (χ3v) is 7.52. The van der Waals surface area contributed by atoms with E-state index in [-0.39, 0.29) is 31.1 Å². The zero-order valence-electron chi connectivity index (χ0n) is 22.2. The van der Waals surface area contributed by atoms with E-state index >= 15 is 4.39 Å². The van der Waals surface area contributed by atoms with Gasteiger partial charge in [-0.25, -0.2) is 14.2 Å². The molecule has 38 heavy (non-hydrogen) atoms. The molecule has 5 rings (SSSR count). The number of halogens is 2. The quantitative estimate of drug-likeness (QED) is 0.429. The van der Waals surface area contributed by atoms with E-state index < -0.39 is 17.5 Å². The summed E-state index contributed by atoms with van der Waals surface area (Å²) in [5, 5.41) is 8.56. The summed E-state index contributed by atoms with van der Waals surface area (Å²) in [6.07, 6.45) is 1.85. The van der Waals surface area contributed by atoms with Gasteiger partial charge in [0.1, 0.15) is 11.1 Å². The van der Waals surface area contributed by atoms with Crippen LogP contribution in [-0.2, 0) is 29.2 Å². The van der Waals surface area contributed by atoms with Crippen LogP contribution in [0.3, 0.4) is 0 Å². The van der Waals surface area contributed by atoms with E-state index in [9.17, 15) is 4.79 Å². The number of carbonyl (C=O) groups excluding carboxylic acids is 1. The molecule has 0 saturated carbocycles. The Hall–Kier alpha value is -2.96. The fourth-order valence-corrected chi connectivity index (χ4v) is 5.30. The van der Waals surface area contributed by atoms with Gasteiger partial charge in [-0.1, -0.05) is 0 Å². The van der Waals surface area contributed by atoms with Crippen LogP contribution < -0.4 is 9.80 Å². The average Bonchev–Trinajstić information content (AvgIpc) is 3.55. The first-order valence-corrected chi connectivity index (χ1v) is 13.3. The van der Waals surface area contributed by atoms with Crippen LogP contribution >= 0.6 is 15.9 Å². The Balaban J connectivity index is 1.73. The van der Waals surface area contributed by atoms with Crippen molar-refractivity contribution < 1.29 is 18.7 Å². The smallest absolute Gasteiger partial charge is 0.416 e. The van der Waals surface area contributed by atoms with E-state index in [2.05, 4.69) is 31.0 Å². The lowest BCUT2D eigenvalue weighted by Gasteiger charge is -2.29. The molecule has 0 radical (unpaired) electrons. The maximum absolute atomic E-state index is 15.9. The molecule has 10 nitrogen and oxygen atoms in total. The first kappa shape index (κ1) is 26.6. The second kappa shape index (κ2) is 10.3. The predicted octanol–water partition coefficient (Wildman–Crippen LogP) is 4.43. The largest absolute Gasteiger partial charge is 0.443 e. The van der Waals surface area contributed by atoms with Crippen molar-refractivity contribution in [2.45, 2.75) is 58.6 Å². The molecule has 0 bridgehead atoms. The SMILES string of the molecule is CN(C)[C@H]1CCN(c2nc(N(Cc3cccnn3)C(=O)OC(C)(C)C)c3c4c(c(Br)c(F)c3n2)COC4)C1. The Labute approximate surface area is 229 Å². The second-order valence-corrected chi connectivity index (χ2v) is 11.6. The molecule has 3 aromatic rings. The van der Waals surface area contributed by atoms with Crippen molar-refractivity contribution >= 4 is 44.7 Å². The number of likely N-dealkylation sites (N-methyl/N-ethyl adjacent to an activating group) is 1. The fraction of sp³-hybridized carbons (Fsp3) is 0.500. The third-order valence-electron chi connectivity index (χ3n) is 6.70. The highest BCUT2D eigenvalue weighted by Gasteiger charge is 2.34. The van der Waals surface area contributed by atoms with Crippen LogP contribution in [0.5, 0.6) is 0 Å². The maximum Gasteiger partial charge on any atom is 0.416 e. The number of rotatable bonds is 5. The van der Waals surface area contributed by atoms with Gasteiger partial charge in [0.25, 0.3) is 0 Å². The molecule has 0 aliphatic carbocycles. The summed E-state index contributed by atoms with van der Waals surface area (Å²) < 4.78 is 27.7. The molecule has 0 N–H and O–H groups in total. The number of benzene rings is 1. The van der Waals surface area contributed by atoms with E-state index in [4.69, 9.17) is 19.4 Å². The van der Waals surface area contributed by atoms with Gasteiger partial charge in [-0.05, 0) is 74.9 Å². The number of nitrogens with zero attached hydrogens (tertiary/aromatic N) is 7. The van der Waals surface area contributed by atoms with Crippen molar-refractivity contribution in [3.63, 3.8) is 0 Å². The Morgan fingerprint density at radius 1 is 1.26 bits per heavy atom. The lowest BCUT2D eigenvalue weighted by atomic mass is 10.0. The topological polar surface area (TPSA) is 96.8 Å². The van der Waals surface area contributed by atoms with Crippen LogP contribution in [0.4, 0.5) is 21.0 Å². The van der Waals surface area contributed by atoms with Crippen LogP contribution in [0.15, 0.2) is 22.8 Å². The van der Waals surface area contributed by atoms with Gasteiger partial charge in [-0.3, -0.25) is 4.90 Å². The van der Waals surface area contributed by atoms with E-state index in [1.54, 1.807) is 39.1 Å². The Kier molecular flexibility index (Phi) is 7.23. The zero-order chi connectivity index (χ0) is 27.2. The fourth-order valence-electron chi connectivity index (χ4n) is 4.76. The van der Waals surface area contributed by atoms with Crippen molar-refractivity contribution in [3.05, 3.63) is 45.4 Å². The molecule has 1 fully saturated rings. The Morgan fingerprint density at radius 3 is 2.68 bits per heavy atom. The number of aromatic nitrogens is 4. The van der Waals surface area contributed by atoms with E-state index in [1.165, 1.54) is 4.90 Å². The molecule has 202 valence electrons. The molecule has 2 aliphatic heterocycles. The molecule has 1 aromatic carbocycles. The maximum atomic E-state index is 15.9. The molecular formula is C26H31BrFN7O3. The molecule has 1 amide bonds. The molecular weight excluding hydrogens is 557 g/mol. The van der Waals surface area contributed by atoms with Crippen LogP contribution in [-0.4, -0.2) is 70.0 Å². The standard InChI is InChI=1S/C26H31BrFN7O3/c1-26(2,3)38-25(36)35(11-15-7-6-9-29-32-15)23-19-17-13-37-14-18(17)20(27)21(28)22(19)30-24(31-23)34-10-8-16(12-34)33(4)5/h6-7,9,16H,8,10-14H2,1-5H3/t16-/m0/s1. The predicted molar refractivity (Wildman–Crippen MR) is 144 cm³/mol. The summed E-state index contributed by atoms with van der Waals surface area (Å²) in [5.41, 5.74) is 1.32. The molecule has 4 heterocycles.